The van der Waals surface area contributed by atoms with Crippen molar-refractivity contribution in [3.63, 3.8) is 0 Å². The number of phenols is 1. The molecule has 0 unspecified atom stereocenters. The number of para-hydroxylation sites is 2. The molecule has 1 heterocycles. The molecule has 100 valence electrons. The zero-order valence-corrected chi connectivity index (χ0v) is 10.6. The summed E-state index contributed by atoms with van der Waals surface area (Å²) < 4.78 is 34.5. The predicted octanol–water partition coefficient (Wildman–Crippen LogP) is 1.25. The molecular weight excluding hydrogens is 268 g/mol. The van der Waals surface area contributed by atoms with Gasteiger partial charge in [-0.25, -0.2) is 8.42 Å². The molecule has 19 heavy (non-hydrogen) atoms. The molecule has 0 aliphatic rings. The topological polar surface area (TPSA) is 93.6 Å². The third-order valence-corrected chi connectivity index (χ3v) is 3.32. The van der Waals surface area contributed by atoms with E-state index in [9.17, 15) is 18.1 Å². The third-order valence-electron chi connectivity index (χ3n) is 2.45. The summed E-state index contributed by atoms with van der Waals surface area (Å²) in [7, 11) is -4.76. The molecule has 0 fully saturated rings. The van der Waals surface area contributed by atoms with E-state index in [1.54, 1.807) is 18.2 Å². The van der Waals surface area contributed by atoms with Crippen LogP contribution in [0.2, 0.25) is 0 Å². The molecule has 2 aromatic rings. The van der Waals surface area contributed by atoms with Crippen molar-refractivity contribution in [3.05, 3.63) is 54.4 Å². The van der Waals surface area contributed by atoms with E-state index in [1.165, 1.54) is 30.5 Å². The number of anilines is 1. The molecule has 0 saturated carbocycles. The van der Waals surface area contributed by atoms with Gasteiger partial charge in [-0.05, 0) is 24.3 Å². The fourth-order valence-electron chi connectivity index (χ4n) is 1.60. The molecule has 0 amide bonds. The smallest absolute Gasteiger partial charge is 0.184 e. The van der Waals surface area contributed by atoms with Crippen molar-refractivity contribution in [2.24, 2.45) is 0 Å². The Bertz CT molecular complexity index is 658. The number of hydrogen-bond donors (Lipinski definition) is 1. The van der Waals surface area contributed by atoms with Gasteiger partial charge in [-0.15, -0.1) is 0 Å². The first-order valence-corrected chi connectivity index (χ1v) is 6.76. The zero-order valence-electron chi connectivity index (χ0n) is 9.80. The van der Waals surface area contributed by atoms with Gasteiger partial charge in [0, 0.05) is 6.20 Å². The van der Waals surface area contributed by atoms with Gasteiger partial charge in [0.05, 0.1) is 17.9 Å². The van der Waals surface area contributed by atoms with Gasteiger partial charge in [0.25, 0.3) is 0 Å². The van der Waals surface area contributed by atoms with E-state index in [-0.39, 0.29) is 18.0 Å². The summed E-state index contributed by atoms with van der Waals surface area (Å²) in [4.78, 5) is 3.96. The first kappa shape index (κ1) is 13.3. The average Bonchev–Trinajstić information content (AvgIpc) is 2.37. The number of hydrogen-bond acceptors (Lipinski definition) is 5. The molecule has 1 aromatic heterocycles. The first-order chi connectivity index (χ1) is 8.98. The van der Waals surface area contributed by atoms with Crippen LogP contribution in [0.3, 0.4) is 0 Å². The lowest BCUT2D eigenvalue weighted by Crippen LogP contribution is -2.30. The fourth-order valence-corrected chi connectivity index (χ4v) is 2.28. The molecule has 0 spiro atoms. The number of aromatic hydroxyl groups is 1. The van der Waals surface area contributed by atoms with E-state index in [4.69, 9.17) is 0 Å². The van der Waals surface area contributed by atoms with E-state index in [0.29, 0.717) is 10.00 Å². The van der Waals surface area contributed by atoms with Crippen LogP contribution in [-0.4, -0.2) is 23.1 Å². The SMILES string of the molecule is O=S(=O)([O-])N(Cc1ccccn1)c1ccccc1O. The second-order valence-corrected chi connectivity index (χ2v) is 5.07. The van der Waals surface area contributed by atoms with Crippen LogP contribution in [0.1, 0.15) is 5.69 Å². The summed E-state index contributed by atoms with van der Waals surface area (Å²) in [6, 6.07) is 10.7. The van der Waals surface area contributed by atoms with Gasteiger partial charge in [-0.2, -0.15) is 0 Å². The molecule has 2 rings (SSSR count). The molecular formula is C12H11N2O4S-. The maximum atomic E-state index is 11.3. The monoisotopic (exact) mass is 279 g/mol. The molecule has 6 nitrogen and oxygen atoms in total. The standard InChI is InChI=1S/C12H12N2O4S/c15-12-7-2-1-6-11(12)14(19(16,17)18)9-10-5-3-4-8-13-10/h1-8,15H,9H2,(H,16,17,18)/p-1. The maximum Gasteiger partial charge on any atom is 0.184 e. The molecule has 0 atom stereocenters. The summed E-state index contributed by atoms with van der Waals surface area (Å²) >= 11 is 0. The van der Waals surface area contributed by atoms with E-state index in [0.717, 1.165) is 0 Å². The summed E-state index contributed by atoms with van der Waals surface area (Å²) in [5, 5.41) is 9.66. The van der Waals surface area contributed by atoms with Crippen molar-refractivity contribution in [1.82, 2.24) is 4.98 Å². The lowest BCUT2D eigenvalue weighted by Gasteiger charge is -2.27. The van der Waals surface area contributed by atoms with Gasteiger partial charge in [0.1, 0.15) is 5.75 Å². The van der Waals surface area contributed by atoms with Crippen molar-refractivity contribution in [1.29, 1.82) is 0 Å². The van der Waals surface area contributed by atoms with Crippen LogP contribution in [0.4, 0.5) is 5.69 Å². The Morgan fingerprint density at radius 3 is 2.42 bits per heavy atom. The molecule has 0 bridgehead atoms. The quantitative estimate of drug-likeness (QED) is 0.850. The Morgan fingerprint density at radius 2 is 1.84 bits per heavy atom. The second-order valence-electron chi connectivity index (χ2n) is 3.77. The van der Waals surface area contributed by atoms with E-state index in [1.807, 2.05) is 0 Å². The van der Waals surface area contributed by atoms with Crippen molar-refractivity contribution in [3.8, 4) is 5.75 Å². The number of rotatable bonds is 4. The zero-order chi connectivity index (χ0) is 13.9. The molecule has 0 aliphatic heterocycles. The van der Waals surface area contributed by atoms with Crippen LogP contribution in [0.5, 0.6) is 5.75 Å². The normalized spacial score (nSPS) is 11.2. The predicted molar refractivity (Wildman–Crippen MR) is 68.2 cm³/mol. The highest BCUT2D eigenvalue weighted by Gasteiger charge is 2.17. The third kappa shape index (κ3) is 3.21. The van der Waals surface area contributed by atoms with E-state index >= 15 is 0 Å². The summed E-state index contributed by atoms with van der Waals surface area (Å²) in [5.41, 5.74) is 0.341. The average molecular weight is 279 g/mol. The van der Waals surface area contributed by atoms with Crippen molar-refractivity contribution >= 4 is 16.0 Å². The van der Waals surface area contributed by atoms with Gasteiger partial charge < -0.3 is 9.66 Å². The lowest BCUT2D eigenvalue weighted by atomic mass is 10.3. The Balaban J connectivity index is 2.41. The highest BCUT2D eigenvalue weighted by Crippen LogP contribution is 2.29. The van der Waals surface area contributed by atoms with E-state index in [2.05, 4.69) is 4.98 Å². The lowest BCUT2D eigenvalue weighted by molar-refractivity contribution is 0.451. The van der Waals surface area contributed by atoms with Gasteiger partial charge in [0.15, 0.2) is 10.3 Å². The highest BCUT2D eigenvalue weighted by atomic mass is 32.2. The fraction of sp³-hybridized carbons (Fsp3) is 0.0833. The van der Waals surface area contributed by atoms with Gasteiger partial charge in [-0.1, -0.05) is 18.2 Å². The van der Waals surface area contributed by atoms with Crippen LogP contribution in [0, 0.1) is 0 Å². The number of pyridine rings is 1. The van der Waals surface area contributed by atoms with Crippen molar-refractivity contribution in [2.45, 2.75) is 6.54 Å². The minimum Gasteiger partial charge on any atom is -0.731 e. The van der Waals surface area contributed by atoms with Crippen LogP contribution < -0.4 is 4.31 Å². The van der Waals surface area contributed by atoms with Crippen LogP contribution in [-0.2, 0) is 16.8 Å². The second kappa shape index (κ2) is 5.25. The Labute approximate surface area is 110 Å². The largest absolute Gasteiger partial charge is 0.731 e. The number of nitrogens with zero attached hydrogens (tertiary/aromatic N) is 2. The Hall–Kier alpha value is -2.12. The molecule has 0 radical (unpaired) electrons. The molecule has 1 N–H and O–H groups in total. The van der Waals surface area contributed by atoms with Gasteiger partial charge >= 0.3 is 0 Å². The first-order valence-electron chi connectivity index (χ1n) is 5.40. The Morgan fingerprint density at radius 1 is 1.16 bits per heavy atom. The molecule has 0 aliphatic carbocycles. The Kier molecular flexibility index (Phi) is 3.68. The summed E-state index contributed by atoms with van der Waals surface area (Å²) in [6.45, 7) is -0.232. The van der Waals surface area contributed by atoms with E-state index < -0.39 is 10.3 Å². The van der Waals surface area contributed by atoms with Gasteiger partial charge in [-0.3, -0.25) is 9.29 Å². The number of aromatic nitrogens is 1. The number of phenolic OH excluding ortho intramolecular Hbond substituents is 1. The number of benzene rings is 1. The van der Waals surface area contributed by atoms with Gasteiger partial charge in [0.2, 0.25) is 0 Å². The van der Waals surface area contributed by atoms with Crippen LogP contribution >= 0.6 is 0 Å². The summed E-state index contributed by atoms with van der Waals surface area (Å²) in [5.74, 6) is -0.280. The maximum absolute atomic E-state index is 11.3. The molecule has 1 aromatic carbocycles. The van der Waals surface area contributed by atoms with Crippen LogP contribution in [0.25, 0.3) is 0 Å². The highest BCUT2D eigenvalue weighted by molar-refractivity contribution is 7.87. The van der Waals surface area contributed by atoms with Crippen LogP contribution in [0.15, 0.2) is 48.7 Å². The molecule has 0 saturated heterocycles. The van der Waals surface area contributed by atoms with Crippen molar-refractivity contribution < 1.29 is 18.1 Å². The summed E-state index contributed by atoms with van der Waals surface area (Å²) in [6.07, 6.45) is 1.50. The van der Waals surface area contributed by atoms with Crippen molar-refractivity contribution in [2.75, 3.05) is 4.31 Å². The minimum atomic E-state index is -4.76. The minimum absolute atomic E-state index is 0.0665. The molecule has 7 heteroatoms.